The molecule has 6 heteroatoms. The highest BCUT2D eigenvalue weighted by atomic mass is 16.6. The molecule has 146 valence electrons. The maximum absolute atomic E-state index is 12.0. The highest BCUT2D eigenvalue weighted by molar-refractivity contribution is 5.71. The second-order valence-corrected chi connectivity index (χ2v) is 6.67. The van der Waals surface area contributed by atoms with Crippen LogP contribution in [0.3, 0.4) is 0 Å². The number of aryl methyl sites for hydroxylation is 1. The van der Waals surface area contributed by atoms with E-state index >= 15 is 0 Å². The van der Waals surface area contributed by atoms with E-state index in [0.29, 0.717) is 24.0 Å². The van der Waals surface area contributed by atoms with Gasteiger partial charge in [0, 0.05) is 12.3 Å². The molecule has 27 heavy (non-hydrogen) atoms. The molecule has 0 aliphatic rings. The Morgan fingerprint density at radius 2 is 2.00 bits per heavy atom. The molecule has 2 rings (SSSR count). The lowest BCUT2D eigenvalue weighted by Crippen LogP contribution is -2.16. The highest BCUT2D eigenvalue weighted by Crippen LogP contribution is 2.13. The fourth-order valence-electron chi connectivity index (χ4n) is 2.30. The Balaban J connectivity index is 1.79. The van der Waals surface area contributed by atoms with Crippen LogP contribution in [0.5, 0.6) is 11.5 Å². The van der Waals surface area contributed by atoms with Gasteiger partial charge < -0.3 is 19.2 Å². The molecule has 0 saturated carbocycles. The van der Waals surface area contributed by atoms with Crippen molar-refractivity contribution in [2.75, 3.05) is 13.2 Å². The number of esters is 1. The third-order valence-electron chi connectivity index (χ3n) is 3.94. The highest BCUT2D eigenvalue weighted by Gasteiger charge is 2.08. The second-order valence-electron chi connectivity index (χ2n) is 6.67. The van der Waals surface area contributed by atoms with E-state index in [1.54, 1.807) is 6.07 Å². The molecule has 0 unspecified atom stereocenters. The molecule has 0 bridgehead atoms. The van der Waals surface area contributed by atoms with Crippen LogP contribution in [0.2, 0.25) is 0 Å². The second kappa shape index (κ2) is 10.4. The number of nitrogens with one attached hydrogen (secondary N) is 1. The van der Waals surface area contributed by atoms with Gasteiger partial charge in [-0.15, -0.1) is 0 Å². The van der Waals surface area contributed by atoms with Crippen LogP contribution in [0.25, 0.3) is 0 Å². The van der Waals surface area contributed by atoms with E-state index in [1.807, 2.05) is 18.2 Å². The zero-order valence-electron chi connectivity index (χ0n) is 16.1. The molecule has 2 aromatic rings. The molecule has 1 heterocycles. The summed E-state index contributed by atoms with van der Waals surface area (Å²) in [5.41, 5.74) is 1.39. The van der Waals surface area contributed by atoms with Gasteiger partial charge in [-0.2, -0.15) is 0 Å². The van der Waals surface area contributed by atoms with E-state index < -0.39 is 5.97 Å². The molecule has 0 aliphatic carbocycles. The summed E-state index contributed by atoms with van der Waals surface area (Å²) in [6, 6.07) is 8.95. The van der Waals surface area contributed by atoms with Gasteiger partial charge in [-0.05, 0) is 36.5 Å². The molecule has 0 atom stereocenters. The van der Waals surface area contributed by atoms with E-state index in [0.717, 1.165) is 18.4 Å². The van der Waals surface area contributed by atoms with Gasteiger partial charge in [0.15, 0.2) is 12.4 Å². The Labute approximate surface area is 159 Å². The van der Waals surface area contributed by atoms with E-state index in [2.05, 4.69) is 25.8 Å². The molecule has 6 nitrogen and oxygen atoms in total. The number of rotatable bonds is 10. The minimum absolute atomic E-state index is 0.0291. The SMILES string of the molecule is CCc1cccc(OCC(=O)OCc2cc(=O)c(OCCC(C)C)c[nH]2)c1. The molecular formula is C21H27NO5. The number of pyridine rings is 1. The Morgan fingerprint density at radius 3 is 2.70 bits per heavy atom. The maximum atomic E-state index is 12.0. The molecule has 0 aliphatic heterocycles. The van der Waals surface area contributed by atoms with Gasteiger partial charge in [0.2, 0.25) is 5.43 Å². The van der Waals surface area contributed by atoms with Crippen molar-refractivity contribution < 1.29 is 19.0 Å². The molecule has 0 saturated heterocycles. The summed E-state index contributed by atoms with van der Waals surface area (Å²) in [7, 11) is 0. The van der Waals surface area contributed by atoms with Crippen molar-refractivity contribution in [1.82, 2.24) is 4.98 Å². The van der Waals surface area contributed by atoms with E-state index in [9.17, 15) is 9.59 Å². The monoisotopic (exact) mass is 373 g/mol. The molecule has 0 spiro atoms. The van der Waals surface area contributed by atoms with Crippen molar-refractivity contribution in [3.05, 3.63) is 58.0 Å². The van der Waals surface area contributed by atoms with Crippen LogP contribution in [-0.4, -0.2) is 24.2 Å². The van der Waals surface area contributed by atoms with Crippen LogP contribution < -0.4 is 14.9 Å². The molecule has 0 radical (unpaired) electrons. The van der Waals surface area contributed by atoms with Gasteiger partial charge in [0.05, 0.1) is 12.3 Å². The minimum atomic E-state index is -0.505. The lowest BCUT2D eigenvalue weighted by atomic mass is 10.1. The molecule has 1 N–H and O–H groups in total. The first kappa shape index (κ1) is 20.6. The number of aromatic amines is 1. The van der Waals surface area contributed by atoms with Crippen LogP contribution in [0.15, 0.2) is 41.3 Å². The fraction of sp³-hybridized carbons (Fsp3) is 0.429. The number of hydrogen-bond donors (Lipinski definition) is 1. The largest absolute Gasteiger partial charge is 0.488 e. The topological polar surface area (TPSA) is 77.6 Å². The first-order valence-electron chi connectivity index (χ1n) is 9.19. The van der Waals surface area contributed by atoms with Crippen molar-refractivity contribution in [3.63, 3.8) is 0 Å². The van der Waals surface area contributed by atoms with Gasteiger partial charge >= 0.3 is 5.97 Å². The van der Waals surface area contributed by atoms with E-state index in [4.69, 9.17) is 14.2 Å². The Morgan fingerprint density at radius 1 is 1.19 bits per heavy atom. The number of H-pyrrole nitrogens is 1. The summed E-state index contributed by atoms with van der Waals surface area (Å²) >= 11 is 0. The summed E-state index contributed by atoms with van der Waals surface area (Å²) in [6.45, 7) is 6.51. The zero-order chi connectivity index (χ0) is 19.6. The average Bonchev–Trinajstić information content (AvgIpc) is 2.66. The number of carbonyl (C=O) groups excluding carboxylic acids is 1. The Hall–Kier alpha value is -2.76. The van der Waals surface area contributed by atoms with Crippen molar-refractivity contribution in [2.24, 2.45) is 5.92 Å². The Kier molecular flexibility index (Phi) is 7.92. The van der Waals surface area contributed by atoms with Crippen molar-refractivity contribution in [1.29, 1.82) is 0 Å². The summed E-state index contributed by atoms with van der Waals surface area (Å²) in [4.78, 5) is 26.8. The third kappa shape index (κ3) is 7.17. The third-order valence-corrected chi connectivity index (χ3v) is 3.94. The van der Waals surface area contributed by atoms with E-state index in [1.165, 1.54) is 12.3 Å². The normalized spacial score (nSPS) is 10.7. The fourth-order valence-corrected chi connectivity index (χ4v) is 2.30. The lowest BCUT2D eigenvalue weighted by molar-refractivity contribution is -0.147. The molecular weight excluding hydrogens is 346 g/mol. The first-order chi connectivity index (χ1) is 13.0. The van der Waals surface area contributed by atoms with Crippen LogP contribution in [0, 0.1) is 5.92 Å². The maximum Gasteiger partial charge on any atom is 0.344 e. The summed E-state index contributed by atoms with van der Waals surface area (Å²) in [6.07, 6.45) is 3.27. The number of ether oxygens (including phenoxy) is 3. The molecule has 0 fully saturated rings. The summed E-state index contributed by atoms with van der Waals surface area (Å²) in [5.74, 6) is 0.900. The van der Waals surface area contributed by atoms with Crippen molar-refractivity contribution in [3.8, 4) is 11.5 Å². The van der Waals surface area contributed by atoms with Gasteiger partial charge in [-0.3, -0.25) is 4.79 Å². The van der Waals surface area contributed by atoms with Gasteiger partial charge in [-0.1, -0.05) is 32.9 Å². The number of benzene rings is 1. The first-order valence-corrected chi connectivity index (χ1v) is 9.19. The van der Waals surface area contributed by atoms with E-state index in [-0.39, 0.29) is 24.4 Å². The van der Waals surface area contributed by atoms with Gasteiger partial charge in [0.1, 0.15) is 12.4 Å². The Bertz CT molecular complexity index is 797. The summed E-state index contributed by atoms with van der Waals surface area (Å²) < 4.78 is 16.0. The zero-order valence-corrected chi connectivity index (χ0v) is 16.1. The average molecular weight is 373 g/mol. The van der Waals surface area contributed by atoms with Crippen molar-refractivity contribution in [2.45, 2.75) is 40.2 Å². The van der Waals surface area contributed by atoms with Crippen molar-refractivity contribution >= 4 is 5.97 Å². The molecule has 0 amide bonds. The van der Waals surface area contributed by atoms with Crippen LogP contribution in [-0.2, 0) is 22.6 Å². The summed E-state index contributed by atoms with van der Waals surface area (Å²) in [5, 5.41) is 0. The smallest absolute Gasteiger partial charge is 0.344 e. The lowest BCUT2D eigenvalue weighted by Gasteiger charge is -2.09. The van der Waals surface area contributed by atoms with Gasteiger partial charge in [-0.25, -0.2) is 4.79 Å². The standard InChI is InChI=1S/C21H27NO5/c1-4-16-6-5-7-18(10-16)26-14-21(24)27-13-17-11-19(23)20(12-22-17)25-9-8-15(2)3/h5-7,10-12,15H,4,8-9,13-14H2,1-3H3,(H,22,23). The predicted molar refractivity (Wildman–Crippen MR) is 103 cm³/mol. The predicted octanol–water partition coefficient (Wildman–Crippen LogP) is 3.48. The van der Waals surface area contributed by atoms with Crippen LogP contribution >= 0.6 is 0 Å². The van der Waals surface area contributed by atoms with Gasteiger partial charge in [0.25, 0.3) is 0 Å². The van der Waals surface area contributed by atoms with Crippen LogP contribution in [0.4, 0.5) is 0 Å². The number of hydrogen-bond acceptors (Lipinski definition) is 5. The number of aromatic nitrogens is 1. The molecule has 1 aromatic carbocycles. The number of carbonyl (C=O) groups is 1. The van der Waals surface area contributed by atoms with Crippen LogP contribution in [0.1, 0.15) is 38.4 Å². The quantitative estimate of drug-likeness (QED) is 0.645. The molecule has 1 aromatic heterocycles. The minimum Gasteiger partial charge on any atom is -0.488 e.